The van der Waals surface area contributed by atoms with Crippen LogP contribution in [0.1, 0.15) is 24.0 Å². The van der Waals surface area contributed by atoms with Crippen LogP contribution in [0.4, 0.5) is 5.82 Å². The summed E-state index contributed by atoms with van der Waals surface area (Å²) in [6.45, 7) is 4.65. The molecule has 1 saturated heterocycles. The summed E-state index contributed by atoms with van der Waals surface area (Å²) >= 11 is 0. The largest absolute Gasteiger partial charge is 0.492 e. The SMILES string of the molecule is CNc1cc(C2CCN2CCOc2ccccc2)nc(C)n1. The first-order valence-electron chi connectivity index (χ1n) is 7.71. The molecule has 3 rings (SSSR count). The lowest BCUT2D eigenvalue weighted by molar-refractivity contribution is 0.0698. The predicted molar refractivity (Wildman–Crippen MR) is 87.2 cm³/mol. The Balaban J connectivity index is 1.56. The van der Waals surface area contributed by atoms with Gasteiger partial charge < -0.3 is 10.1 Å². The Morgan fingerprint density at radius 2 is 2.09 bits per heavy atom. The highest BCUT2D eigenvalue weighted by Crippen LogP contribution is 2.32. The molecule has 0 radical (unpaired) electrons. The van der Waals surface area contributed by atoms with Crippen molar-refractivity contribution >= 4 is 5.82 Å². The van der Waals surface area contributed by atoms with Crippen LogP contribution in [0.25, 0.3) is 0 Å². The molecule has 0 spiro atoms. The Bertz CT molecular complexity index is 617. The summed E-state index contributed by atoms with van der Waals surface area (Å²) < 4.78 is 5.78. The van der Waals surface area contributed by atoms with Gasteiger partial charge in [-0.2, -0.15) is 0 Å². The molecule has 1 aromatic carbocycles. The van der Waals surface area contributed by atoms with Crippen molar-refractivity contribution in [3.05, 3.63) is 47.9 Å². The Morgan fingerprint density at radius 1 is 1.27 bits per heavy atom. The van der Waals surface area contributed by atoms with E-state index in [1.165, 1.54) is 0 Å². The molecule has 5 nitrogen and oxygen atoms in total. The number of benzene rings is 1. The van der Waals surface area contributed by atoms with Crippen LogP contribution in [0.2, 0.25) is 0 Å². The van der Waals surface area contributed by atoms with Crippen LogP contribution < -0.4 is 10.1 Å². The average molecular weight is 298 g/mol. The third-order valence-corrected chi connectivity index (χ3v) is 3.98. The zero-order valence-corrected chi connectivity index (χ0v) is 13.1. The molecule has 1 aliphatic rings. The van der Waals surface area contributed by atoms with E-state index in [0.29, 0.717) is 12.6 Å². The number of nitrogens with one attached hydrogen (secondary N) is 1. The van der Waals surface area contributed by atoms with Crippen LogP contribution in [-0.2, 0) is 0 Å². The molecule has 1 unspecified atom stereocenters. The van der Waals surface area contributed by atoms with E-state index < -0.39 is 0 Å². The van der Waals surface area contributed by atoms with Gasteiger partial charge in [-0.1, -0.05) is 18.2 Å². The van der Waals surface area contributed by atoms with E-state index in [1.54, 1.807) is 0 Å². The minimum Gasteiger partial charge on any atom is -0.492 e. The summed E-state index contributed by atoms with van der Waals surface area (Å²) in [6.07, 6.45) is 1.14. The predicted octanol–water partition coefficient (Wildman–Crippen LogP) is 2.65. The standard InChI is InChI=1S/C17H22N4O/c1-13-19-15(12-17(18-2)20-13)16-8-9-21(16)10-11-22-14-6-4-3-5-7-14/h3-7,12,16H,8-11H2,1-2H3,(H,18,19,20). The third-order valence-electron chi connectivity index (χ3n) is 3.98. The van der Waals surface area contributed by atoms with Crippen LogP contribution in [0, 0.1) is 6.92 Å². The molecule has 116 valence electrons. The van der Waals surface area contributed by atoms with Gasteiger partial charge in [0.2, 0.25) is 0 Å². The number of para-hydroxylation sites is 1. The molecule has 0 aliphatic carbocycles. The summed E-state index contributed by atoms with van der Waals surface area (Å²) in [6, 6.07) is 12.4. The Labute approximate surface area is 131 Å². The van der Waals surface area contributed by atoms with Crippen molar-refractivity contribution in [3.8, 4) is 5.75 Å². The third kappa shape index (κ3) is 3.36. The highest BCUT2D eigenvalue weighted by atomic mass is 16.5. The van der Waals surface area contributed by atoms with Crippen molar-refractivity contribution in [3.63, 3.8) is 0 Å². The van der Waals surface area contributed by atoms with E-state index in [2.05, 4.69) is 20.2 Å². The monoisotopic (exact) mass is 298 g/mol. The molecule has 2 heterocycles. The summed E-state index contributed by atoms with van der Waals surface area (Å²) in [5, 5.41) is 3.10. The smallest absolute Gasteiger partial charge is 0.129 e. The van der Waals surface area contributed by atoms with Gasteiger partial charge in [-0.25, -0.2) is 9.97 Å². The first-order valence-corrected chi connectivity index (χ1v) is 7.71. The van der Waals surface area contributed by atoms with E-state index in [4.69, 9.17) is 4.74 Å². The fourth-order valence-electron chi connectivity index (χ4n) is 2.73. The second-order valence-electron chi connectivity index (χ2n) is 5.48. The summed E-state index contributed by atoms with van der Waals surface area (Å²) in [4.78, 5) is 11.3. The number of anilines is 1. The second kappa shape index (κ2) is 6.75. The fraction of sp³-hybridized carbons (Fsp3) is 0.412. The minimum absolute atomic E-state index is 0.383. The number of ether oxygens (including phenoxy) is 1. The van der Waals surface area contributed by atoms with Crippen molar-refractivity contribution in [2.75, 3.05) is 32.1 Å². The number of likely N-dealkylation sites (tertiary alicyclic amines) is 1. The summed E-state index contributed by atoms with van der Waals surface area (Å²) in [7, 11) is 1.89. The van der Waals surface area contributed by atoms with Crippen LogP contribution in [0.5, 0.6) is 5.75 Å². The Kier molecular flexibility index (Phi) is 4.53. The van der Waals surface area contributed by atoms with Crippen LogP contribution in [-0.4, -0.2) is 41.6 Å². The maximum Gasteiger partial charge on any atom is 0.129 e. The molecule has 5 heteroatoms. The van der Waals surface area contributed by atoms with Crippen LogP contribution in [0.3, 0.4) is 0 Å². The highest BCUT2D eigenvalue weighted by molar-refractivity contribution is 5.36. The molecule has 0 saturated carbocycles. The molecule has 1 atom stereocenters. The van der Waals surface area contributed by atoms with Gasteiger partial charge in [-0.05, 0) is 25.5 Å². The molecule has 1 fully saturated rings. The quantitative estimate of drug-likeness (QED) is 0.888. The zero-order chi connectivity index (χ0) is 15.4. The van der Waals surface area contributed by atoms with Gasteiger partial charge in [0.1, 0.15) is 24.0 Å². The summed E-state index contributed by atoms with van der Waals surface area (Å²) in [5.74, 6) is 2.62. The molecule has 1 aromatic heterocycles. The van der Waals surface area contributed by atoms with Crippen molar-refractivity contribution in [2.45, 2.75) is 19.4 Å². The molecule has 1 N–H and O–H groups in total. The van der Waals surface area contributed by atoms with Gasteiger partial charge in [-0.15, -0.1) is 0 Å². The molecule has 1 aliphatic heterocycles. The lowest BCUT2D eigenvalue weighted by Gasteiger charge is -2.40. The Hall–Kier alpha value is -2.14. The maximum atomic E-state index is 5.78. The van der Waals surface area contributed by atoms with E-state index in [9.17, 15) is 0 Å². The number of aryl methyl sites for hydroxylation is 1. The van der Waals surface area contributed by atoms with Crippen molar-refractivity contribution in [1.29, 1.82) is 0 Å². The maximum absolute atomic E-state index is 5.78. The summed E-state index contributed by atoms with van der Waals surface area (Å²) in [5.41, 5.74) is 1.10. The molecular formula is C17H22N4O. The molecular weight excluding hydrogens is 276 g/mol. The average Bonchev–Trinajstić information content (AvgIpc) is 2.51. The van der Waals surface area contributed by atoms with E-state index in [-0.39, 0.29) is 0 Å². The topological polar surface area (TPSA) is 50.3 Å². The number of hydrogen-bond donors (Lipinski definition) is 1. The van der Waals surface area contributed by atoms with Crippen molar-refractivity contribution < 1.29 is 4.74 Å². The van der Waals surface area contributed by atoms with E-state index in [0.717, 1.165) is 42.6 Å². The number of rotatable bonds is 6. The molecule has 2 aromatic rings. The second-order valence-corrected chi connectivity index (χ2v) is 5.48. The lowest BCUT2D eigenvalue weighted by atomic mass is 9.99. The van der Waals surface area contributed by atoms with Gasteiger partial charge >= 0.3 is 0 Å². The normalized spacial score (nSPS) is 17.8. The van der Waals surface area contributed by atoms with E-state index >= 15 is 0 Å². The molecule has 0 bridgehead atoms. The fourth-order valence-corrected chi connectivity index (χ4v) is 2.73. The van der Waals surface area contributed by atoms with Crippen LogP contribution >= 0.6 is 0 Å². The molecule has 0 amide bonds. The van der Waals surface area contributed by atoms with E-state index in [1.807, 2.05) is 50.4 Å². The first-order chi connectivity index (χ1) is 10.8. The van der Waals surface area contributed by atoms with Crippen molar-refractivity contribution in [1.82, 2.24) is 14.9 Å². The highest BCUT2D eigenvalue weighted by Gasteiger charge is 2.30. The number of aromatic nitrogens is 2. The van der Waals surface area contributed by atoms with Gasteiger partial charge in [-0.3, -0.25) is 4.90 Å². The number of hydrogen-bond acceptors (Lipinski definition) is 5. The van der Waals surface area contributed by atoms with Gasteiger partial charge in [0.15, 0.2) is 0 Å². The van der Waals surface area contributed by atoms with Gasteiger partial charge in [0, 0.05) is 26.2 Å². The van der Waals surface area contributed by atoms with Crippen molar-refractivity contribution in [2.24, 2.45) is 0 Å². The van der Waals surface area contributed by atoms with Gasteiger partial charge in [0.05, 0.1) is 11.7 Å². The number of nitrogens with zero attached hydrogens (tertiary/aromatic N) is 3. The zero-order valence-electron chi connectivity index (χ0n) is 13.1. The Morgan fingerprint density at radius 3 is 2.77 bits per heavy atom. The first kappa shape index (κ1) is 14.8. The van der Waals surface area contributed by atoms with Crippen LogP contribution in [0.15, 0.2) is 36.4 Å². The minimum atomic E-state index is 0.383. The van der Waals surface area contributed by atoms with Gasteiger partial charge in [0.25, 0.3) is 0 Å². The molecule has 22 heavy (non-hydrogen) atoms. The lowest BCUT2D eigenvalue weighted by Crippen LogP contribution is -2.43.